The van der Waals surface area contributed by atoms with E-state index < -0.39 is 11.5 Å². The number of para-hydroxylation sites is 1. The van der Waals surface area contributed by atoms with E-state index in [1.807, 2.05) is 32.9 Å². The van der Waals surface area contributed by atoms with Crippen molar-refractivity contribution < 1.29 is 19.1 Å². The van der Waals surface area contributed by atoms with Crippen LogP contribution in [-0.2, 0) is 4.74 Å². The molecule has 10 heteroatoms. The molecule has 1 fully saturated rings. The minimum Gasteiger partial charge on any atom is -0.480 e. The number of ether oxygens (including phenoxy) is 2. The molecule has 2 aromatic carbocycles. The topological polar surface area (TPSA) is 106 Å². The number of methoxy groups -OCH3 is 1. The standard InChI is InChI=1S/C31H34BrN5O4/c1-7-20-9-8-10-25(32)26(20)35-27(38)24-18-33-29(36-28(24)40-6)34-22-11-12-23(19(2)17-22)21-13-15-37(16-14-21)30(39)41-31(3,4)5/h1,8-12,17-18,21H,13-16H2,2-6H3,(H,35,38)(H,33,34,36). The molecule has 0 radical (unpaired) electrons. The van der Waals surface area contributed by atoms with Crippen molar-refractivity contribution in [3.8, 4) is 18.2 Å². The molecule has 41 heavy (non-hydrogen) atoms. The lowest BCUT2D eigenvalue weighted by molar-refractivity contribution is 0.0204. The second kappa shape index (κ2) is 12.6. The minimum absolute atomic E-state index is 0.124. The zero-order valence-electron chi connectivity index (χ0n) is 23.9. The van der Waals surface area contributed by atoms with Crippen molar-refractivity contribution in [1.82, 2.24) is 14.9 Å². The van der Waals surface area contributed by atoms with Gasteiger partial charge in [-0.25, -0.2) is 9.78 Å². The van der Waals surface area contributed by atoms with E-state index in [1.165, 1.54) is 18.9 Å². The number of hydrogen-bond acceptors (Lipinski definition) is 7. The van der Waals surface area contributed by atoms with Crippen molar-refractivity contribution in [2.24, 2.45) is 0 Å². The van der Waals surface area contributed by atoms with Crippen LogP contribution in [0.25, 0.3) is 0 Å². The van der Waals surface area contributed by atoms with Crippen LogP contribution in [0.5, 0.6) is 5.88 Å². The Bertz CT molecular complexity index is 1490. The molecule has 0 unspecified atom stereocenters. The quantitative estimate of drug-likeness (QED) is 0.298. The van der Waals surface area contributed by atoms with Crippen LogP contribution in [0, 0.1) is 19.3 Å². The van der Waals surface area contributed by atoms with Crippen molar-refractivity contribution >= 4 is 45.3 Å². The summed E-state index contributed by atoms with van der Waals surface area (Å²) < 4.78 is 11.6. The van der Waals surface area contributed by atoms with Crippen molar-refractivity contribution in [3.05, 3.63) is 69.3 Å². The van der Waals surface area contributed by atoms with Gasteiger partial charge >= 0.3 is 6.09 Å². The lowest BCUT2D eigenvalue weighted by Crippen LogP contribution is -2.41. The molecule has 1 aliphatic heterocycles. The highest BCUT2D eigenvalue weighted by molar-refractivity contribution is 9.10. The number of benzene rings is 2. The van der Waals surface area contributed by atoms with Crippen molar-refractivity contribution in [2.45, 2.75) is 52.1 Å². The average Bonchev–Trinajstić information content (AvgIpc) is 2.93. The maximum atomic E-state index is 13.0. The minimum atomic E-state index is -0.500. The van der Waals surface area contributed by atoms with E-state index >= 15 is 0 Å². The number of hydrogen-bond donors (Lipinski definition) is 2. The molecule has 1 aliphatic rings. The number of likely N-dealkylation sites (tertiary alicyclic amines) is 1. The molecule has 9 nitrogen and oxygen atoms in total. The van der Waals surface area contributed by atoms with Gasteiger partial charge in [-0.2, -0.15) is 4.98 Å². The molecule has 4 rings (SSSR count). The first-order valence-electron chi connectivity index (χ1n) is 13.3. The number of aryl methyl sites for hydroxylation is 1. The van der Waals surface area contributed by atoms with E-state index in [2.05, 4.69) is 55.4 Å². The van der Waals surface area contributed by atoms with Crippen LogP contribution in [0.3, 0.4) is 0 Å². The number of nitrogens with zero attached hydrogens (tertiary/aromatic N) is 3. The summed E-state index contributed by atoms with van der Waals surface area (Å²) in [6.07, 6.45) is 8.49. The van der Waals surface area contributed by atoms with Crippen LogP contribution < -0.4 is 15.4 Å². The Labute approximate surface area is 249 Å². The van der Waals surface area contributed by atoms with E-state index in [4.69, 9.17) is 15.9 Å². The zero-order valence-corrected chi connectivity index (χ0v) is 25.5. The first kappa shape index (κ1) is 29.9. The number of rotatable bonds is 6. The fraction of sp³-hybridized carbons (Fsp3) is 0.355. The first-order valence-corrected chi connectivity index (χ1v) is 14.1. The van der Waals surface area contributed by atoms with Gasteiger partial charge in [0.1, 0.15) is 11.2 Å². The Morgan fingerprint density at radius 1 is 1.17 bits per heavy atom. The molecule has 2 N–H and O–H groups in total. The fourth-order valence-electron chi connectivity index (χ4n) is 4.73. The monoisotopic (exact) mass is 619 g/mol. The second-order valence-corrected chi connectivity index (χ2v) is 11.7. The van der Waals surface area contributed by atoms with Gasteiger partial charge in [-0.3, -0.25) is 4.79 Å². The summed E-state index contributed by atoms with van der Waals surface area (Å²) in [6, 6.07) is 11.4. The number of aromatic nitrogens is 2. The second-order valence-electron chi connectivity index (χ2n) is 10.8. The van der Waals surface area contributed by atoms with Gasteiger partial charge in [0.15, 0.2) is 0 Å². The number of halogens is 1. The molecule has 0 spiro atoms. The Kier molecular flexibility index (Phi) is 9.18. The van der Waals surface area contributed by atoms with Crippen LogP contribution >= 0.6 is 15.9 Å². The molecule has 3 aromatic rings. The van der Waals surface area contributed by atoms with Crippen molar-refractivity contribution in [1.29, 1.82) is 0 Å². The highest BCUT2D eigenvalue weighted by Gasteiger charge is 2.28. The molecule has 1 aromatic heterocycles. The van der Waals surface area contributed by atoms with Gasteiger partial charge in [0, 0.05) is 35.0 Å². The van der Waals surface area contributed by atoms with E-state index in [0.717, 1.165) is 24.1 Å². The zero-order chi connectivity index (χ0) is 29.7. The van der Waals surface area contributed by atoms with Crippen molar-refractivity contribution in [3.63, 3.8) is 0 Å². The number of nitrogens with one attached hydrogen (secondary N) is 2. The van der Waals surface area contributed by atoms with Crippen LogP contribution in [0.15, 0.2) is 47.1 Å². The average molecular weight is 621 g/mol. The fourth-order valence-corrected chi connectivity index (χ4v) is 5.20. The number of carbonyl (C=O) groups is 2. The molecular weight excluding hydrogens is 586 g/mol. The predicted molar refractivity (Wildman–Crippen MR) is 163 cm³/mol. The molecule has 2 heterocycles. The van der Waals surface area contributed by atoms with Gasteiger partial charge in [-0.05, 0) is 97.8 Å². The molecule has 0 atom stereocenters. The smallest absolute Gasteiger partial charge is 0.410 e. The van der Waals surface area contributed by atoms with Crippen LogP contribution in [-0.4, -0.2) is 52.7 Å². The number of terminal acetylenes is 1. The third-order valence-electron chi connectivity index (χ3n) is 6.71. The van der Waals surface area contributed by atoms with Gasteiger partial charge in [0.25, 0.3) is 5.91 Å². The van der Waals surface area contributed by atoms with Gasteiger partial charge < -0.3 is 25.0 Å². The Morgan fingerprint density at radius 3 is 2.54 bits per heavy atom. The lowest BCUT2D eigenvalue weighted by Gasteiger charge is -2.34. The van der Waals surface area contributed by atoms with Gasteiger partial charge in [-0.1, -0.05) is 18.1 Å². The number of anilines is 3. The number of piperidine rings is 1. The summed E-state index contributed by atoms with van der Waals surface area (Å²) in [7, 11) is 1.45. The maximum Gasteiger partial charge on any atom is 0.410 e. The summed E-state index contributed by atoms with van der Waals surface area (Å²) >= 11 is 3.42. The summed E-state index contributed by atoms with van der Waals surface area (Å²) in [5.41, 5.74) is 3.88. The van der Waals surface area contributed by atoms with Gasteiger partial charge in [0.2, 0.25) is 11.8 Å². The summed E-state index contributed by atoms with van der Waals surface area (Å²) in [6.45, 7) is 9.04. The van der Waals surface area contributed by atoms with Gasteiger partial charge in [-0.15, -0.1) is 6.42 Å². The normalized spacial score (nSPS) is 13.7. The summed E-state index contributed by atoms with van der Waals surface area (Å²) in [5, 5.41) is 6.02. The molecule has 214 valence electrons. The highest BCUT2D eigenvalue weighted by Crippen LogP contribution is 2.33. The van der Waals surface area contributed by atoms with E-state index in [-0.39, 0.29) is 17.5 Å². The SMILES string of the molecule is C#Cc1cccc(Br)c1NC(=O)c1cnc(Nc2ccc(C3CCN(C(=O)OC(C)(C)C)CC3)c(C)c2)nc1OC. The maximum absolute atomic E-state index is 13.0. The molecule has 2 amide bonds. The Balaban J connectivity index is 1.42. The van der Waals surface area contributed by atoms with Crippen LogP contribution in [0.1, 0.15) is 66.6 Å². The molecule has 0 aliphatic carbocycles. The largest absolute Gasteiger partial charge is 0.480 e. The molecule has 0 bridgehead atoms. The van der Waals surface area contributed by atoms with Crippen LogP contribution in [0.2, 0.25) is 0 Å². The van der Waals surface area contributed by atoms with Gasteiger partial charge in [0.05, 0.1) is 12.8 Å². The Morgan fingerprint density at radius 2 is 1.90 bits per heavy atom. The highest BCUT2D eigenvalue weighted by atomic mass is 79.9. The third-order valence-corrected chi connectivity index (χ3v) is 7.37. The lowest BCUT2D eigenvalue weighted by atomic mass is 9.87. The number of amides is 2. The van der Waals surface area contributed by atoms with E-state index in [9.17, 15) is 9.59 Å². The van der Waals surface area contributed by atoms with Crippen LogP contribution in [0.4, 0.5) is 22.1 Å². The number of carbonyl (C=O) groups excluding carboxylic acids is 2. The first-order chi connectivity index (χ1) is 19.5. The van der Waals surface area contributed by atoms with Crippen molar-refractivity contribution in [2.75, 3.05) is 30.8 Å². The summed E-state index contributed by atoms with van der Waals surface area (Å²) in [5.74, 6) is 2.89. The van der Waals surface area contributed by atoms with E-state index in [0.29, 0.717) is 40.7 Å². The molecular formula is C31H34BrN5O4. The predicted octanol–water partition coefficient (Wildman–Crippen LogP) is 6.65. The molecule has 1 saturated heterocycles. The molecule has 0 saturated carbocycles. The summed E-state index contributed by atoms with van der Waals surface area (Å²) in [4.78, 5) is 36.0. The van der Waals surface area contributed by atoms with E-state index in [1.54, 1.807) is 23.1 Å². The third kappa shape index (κ3) is 7.35. The Hall–Kier alpha value is -4.10.